The summed E-state index contributed by atoms with van der Waals surface area (Å²) < 4.78 is 13.1. The van der Waals surface area contributed by atoms with Crippen LogP contribution in [0.2, 0.25) is 0 Å². The Morgan fingerprint density at radius 3 is 3.05 bits per heavy atom. The highest BCUT2D eigenvalue weighted by atomic mass is 19.1. The smallest absolute Gasteiger partial charge is 0.169 e. The molecule has 0 bridgehead atoms. The predicted molar refractivity (Wildman–Crippen MR) is 70.5 cm³/mol. The van der Waals surface area contributed by atoms with Crippen molar-refractivity contribution in [3.8, 4) is 0 Å². The standard InChI is InChI=1S/C15H11FN2O/c16-11-3-1-2-10(6-11)7-15(19)13-9-18-14-4-5-17-8-12(13)14/h1-6,8-9,18H,7H2. The number of H-pyrrole nitrogens is 1. The molecule has 1 aromatic carbocycles. The fourth-order valence-electron chi connectivity index (χ4n) is 2.12. The van der Waals surface area contributed by atoms with E-state index in [9.17, 15) is 9.18 Å². The van der Waals surface area contributed by atoms with Crippen LogP contribution in [-0.2, 0) is 6.42 Å². The summed E-state index contributed by atoms with van der Waals surface area (Å²) in [7, 11) is 0. The summed E-state index contributed by atoms with van der Waals surface area (Å²) in [5.41, 5.74) is 2.13. The van der Waals surface area contributed by atoms with E-state index in [0.717, 1.165) is 10.9 Å². The molecule has 0 atom stereocenters. The van der Waals surface area contributed by atoms with E-state index in [1.165, 1.54) is 12.1 Å². The normalized spacial score (nSPS) is 10.8. The van der Waals surface area contributed by atoms with Gasteiger partial charge in [0.15, 0.2) is 5.78 Å². The Bertz CT molecular complexity index is 748. The lowest BCUT2D eigenvalue weighted by atomic mass is 10.0. The fourth-order valence-corrected chi connectivity index (χ4v) is 2.12. The second kappa shape index (κ2) is 4.65. The van der Waals surface area contributed by atoms with E-state index in [-0.39, 0.29) is 18.0 Å². The number of fused-ring (bicyclic) bond motifs is 1. The van der Waals surface area contributed by atoms with Gasteiger partial charge >= 0.3 is 0 Å². The van der Waals surface area contributed by atoms with E-state index in [2.05, 4.69) is 9.97 Å². The molecule has 3 aromatic rings. The first-order valence-electron chi connectivity index (χ1n) is 5.93. The number of aromatic amines is 1. The van der Waals surface area contributed by atoms with Crippen molar-refractivity contribution < 1.29 is 9.18 Å². The molecule has 94 valence electrons. The lowest BCUT2D eigenvalue weighted by molar-refractivity contribution is 0.0994. The molecule has 3 rings (SSSR count). The van der Waals surface area contributed by atoms with Crippen LogP contribution in [0.1, 0.15) is 15.9 Å². The maximum absolute atomic E-state index is 13.1. The van der Waals surface area contributed by atoms with Crippen LogP contribution >= 0.6 is 0 Å². The van der Waals surface area contributed by atoms with Crippen molar-refractivity contribution in [2.24, 2.45) is 0 Å². The molecule has 0 unspecified atom stereocenters. The van der Waals surface area contributed by atoms with Gasteiger partial charge in [-0.05, 0) is 23.8 Å². The number of carbonyl (C=O) groups is 1. The number of pyridine rings is 1. The third-order valence-corrected chi connectivity index (χ3v) is 3.04. The van der Waals surface area contributed by atoms with Crippen LogP contribution in [0.4, 0.5) is 4.39 Å². The van der Waals surface area contributed by atoms with E-state index in [1.54, 1.807) is 30.7 Å². The third-order valence-electron chi connectivity index (χ3n) is 3.04. The minimum atomic E-state index is -0.328. The van der Waals surface area contributed by atoms with Gasteiger partial charge in [-0.25, -0.2) is 4.39 Å². The predicted octanol–water partition coefficient (Wildman–Crippen LogP) is 3.13. The van der Waals surface area contributed by atoms with Gasteiger partial charge in [0.25, 0.3) is 0 Å². The van der Waals surface area contributed by atoms with Crippen LogP contribution in [0.25, 0.3) is 10.9 Å². The number of hydrogen-bond donors (Lipinski definition) is 1. The number of hydrogen-bond acceptors (Lipinski definition) is 2. The van der Waals surface area contributed by atoms with Crippen molar-refractivity contribution in [3.05, 3.63) is 65.9 Å². The fraction of sp³-hybridized carbons (Fsp3) is 0.0667. The summed E-state index contributed by atoms with van der Waals surface area (Å²) in [4.78, 5) is 19.3. The van der Waals surface area contributed by atoms with E-state index >= 15 is 0 Å². The van der Waals surface area contributed by atoms with Crippen molar-refractivity contribution in [1.82, 2.24) is 9.97 Å². The number of ketones is 1. The van der Waals surface area contributed by atoms with E-state index < -0.39 is 0 Å². The van der Waals surface area contributed by atoms with Gasteiger partial charge < -0.3 is 4.98 Å². The number of nitrogens with zero attached hydrogens (tertiary/aromatic N) is 1. The van der Waals surface area contributed by atoms with Crippen molar-refractivity contribution >= 4 is 16.7 Å². The summed E-state index contributed by atoms with van der Waals surface area (Å²) in [6.45, 7) is 0. The minimum Gasteiger partial charge on any atom is -0.360 e. The van der Waals surface area contributed by atoms with E-state index in [0.29, 0.717) is 11.1 Å². The number of carbonyl (C=O) groups excluding carboxylic acids is 1. The summed E-state index contributed by atoms with van der Waals surface area (Å²) in [6, 6.07) is 7.91. The lowest BCUT2D eigenvalue weighted by Gasteiger charge is -2.00. The molecule has 19 heavy (non-hydrogen) atoms. The molecule has 3 nitrogen and oxygen atoms in total. The minimum absolute atomic E-state index is 0.0511. The first-order valence-corrected chi connectivity index (χ1v) is 5.93. The van der Waals surface area contributed by atoms with Crippen LogP contribution in [0.15, 0.2) is 48.9 Å². The molecule has 0 spiro atoms. The second-order valence-corrected chi connectivity index (χ2v) is 4.35. The molecule has 2 aromatic heterocycles. The van der Waals surface area contributed by atoms with Crippen LogP contribution in [0.5, 0.6) is 0 Å². The SMILES string of the molecule is O=C(Cc1cccc(F)c1)c1c[nH]c2ccncc12. The molecule has 0 amide bonds. The summed E-state index contributed by atoms with van der Waals surface area (Å²) in [5, 5.41) is 0.795. The Hall–Kier alpha value is -2.49. The Balaban J connectivity index is 1.92. The number of rotatable bonds is 3. The monoisotopic (exact) mass is 254 g/mol. The van der Waals surface area contributed by atoms with Crippen molar-refractivity contribution in [1.29, 1.82) is 0 Å². The average molecular weight is 254 g/mol. The molecule has 0 fully saturated rings. The highest BCUT2D eigenvalue weighted by Gasteiger charge is 2.12. The van der Waals surface area contributed by atoms with Gasteiger partial charge in [-0.2, -0.15) is 0 Å². The highest BCUT2D eigenvalue weighted by molar-refractivity contribution is 6.08. The number of halogens is 1. The molecule has 2 heterocycles. The van der Waals surface area contributed by atoms with Gasteiger partial charge in [-0.1, -0.05) is 12.1 Å². The zero-order chi connectivity index (χ0) is 13.2. The zero-order valence-electron chi connectivity index (χ0n) is 10.1. The van der Waals surface area contributed by atoms with Crippen LogP contribution in [0.3, 0.4) is 0 Å². The maximum atomic E-state index is 13.1. The van der Waals surface area contributed by atoms with Gasteiger partial charge in [0.1, 0.15) is 5.82 Å². The molecule has 0 aliphatic rings. The molecule has 0 saturated carbocycles. The lowest BCUT2D eigenvalue weighted by Crippen LogP contribution is -2.03. The molecular weight excluding hydrogens is 243 g/mol. The second-order valence-electron chi connectivity index (χ2n) is 4.35. The Morgan fingerprint density at radius 1 is 1.32 bits per heavy atom. The van der Waals surface area contributed by atoms with Crippen LogP contribution < -0.4 is 0 Å². The largest absolute Gasteiger partial charge is 0.360 e. The maximum Gasteiger partial charge on any atom is 0.169 e. The number of Topliss-reactive ketones (excluding diaryl/α,β-unsaturated/α-hetero) is 1. The highest BCUT2D eigenvalue weighted by Crippen LogP contribution is 2.18. The first-order chi connectivity index (χ1) is 9.24. The number of nitrogens with one attached hydrogen (secondary N) is 1. The van der Waals surface area contributed by atoms with Gasteiger partial charge in [-0.15, -0.1) is 0 Å². The van der Waals surface area contributed by atoms with Crippen molar-refractivity contribution in [2.75, 3.05) is 0 Å². The molecule has 0 aliphatic carbocycles. The number of aromatic nitrogens is 2. The first kappa shape index (κ1) is 11.6. The molecule has 0 saturated heterocycles. The van der Waals surface area contributed by atoms with Crippen LogP contribution in [0, 0.1) is 5.82 Å². The molecular formula is C15H11FN2O. The molecule has 1 N–H and O–H groups in total. The van der Waals surface area contributed by atoms with E-state index in [1.807, 2.05) is 6.07 Å². The number of benzene rings is 1. The quantitative estimate of drug-likeness (QED) is 0.730. The summed E-state index contributed by atoms with van der Waals surface area (Å²) >= 11 is 0. The molecule has 4 heteroatoms. The summed E-state index contributed by atoms with van der Waals surface area (Å²) in [5.74, 6) is -0.379. The third kappa shape index (κ3) is 2.25. The Labute approximate surface area is 109 Å². The molecule has 0 aliphatic heterocycles. The van der Waals surface area contributed by atoms with Crippen molar-refractivity contribution in [2.45, 2.75) is 6.42 Å². The average Bonchev–Trinajstić information content (AvgIpc) is 2.82. The zero-order valence-corrected chi connectivity index (χ0v) is 10.1. The van der Waals surface area contributed by atoms with Gasteiger partial charge in [0.2, 0.25) is 0 Å². The van der Waals surface area contributed by atoms with Gasteiger partial charge in [0, 0.05) is 41.5 Å². The van der Waals surface area contributed by atoms with E-state index in [4.69, 9.17) is 0 Å². The molecule has 0 radical (unpaired) electrons. The Morgan fingerprint density at radius 2 is 2.21 bits per heavy atom. The van der Waals surface area contributed by atoms with Gasteiger partial charge in [0.05, 0.1) is 0 Å². The topological polar surface area (TPSA) is 45.8 Å². The van der Waals surface area contributed by atoms with Crippen LogP contribution in [-0.4, -0.2) is 15.8 Å². The Kier molecular flexibility index (Phi) is 2.83. The van der Waals surface area contributed by atoms with Crippen molar-refractivity contribution in [3.63, 3.8) is 0 Å². The van der Waals surface area contributed by atoms with Gasteiger partial charge in [-0.3, -0.25) is 9.78 Å². The summed E-state index contributed by atoms with van der Waals surface area (Å²) in [6.07, 6.45) is 5.18.